The smallest absolute Gasteiger partial charge is 0.363 e. The molecule has 0 radical (unpaired) electrons. The molecule has 1 aromatic rings. The topological polar surface area (TPSA) is 24.1 Å². The first-order chi connectivity index (χ1) is 9.04. The summed E-state index contributed by atoms with van der Waals surface area (Å²) in [5.41, 5.74) is -3.17. The molecule has 1 rings (SSSR count). The van der Waals surface area contributed by atoms with Gasteiger partial charge >= 0.3 is 12.4 Å². The van der Waals surface area contributed by atoms with Gasteiger partial charge in [-0.15, -0.1) is 0 Å². The van der Waals surface area contributed by atoms with Crippen molar-refractivity contribution in [3.8, 4) is 0 Å². The van der Waals surface area contributed by atoms with Gasteiger partial charge in [0.25, 0.3) is 0 Å². The van der Waals surface area contributed by atoms with E-state index in [0.29, 0.717) is 18.7 Å². The molecule has 0 aliphatic carbocycles. The van der Waals surface area contributed by atoms with Gasteiger partial charge in [-0.05, 0) is 37.3 Å². The maximum atomic E-state index is 12.6. The molecule has 0 bridgehead atoms. The molecule has 20 heavy (non-hydrogen) atoms. The molecule has 0 aliphatic heterocycles. The Morgan fingerprint density at radius 2 is 1.45 bits per heavy atom. The Morgan fingerprint density at radius 3 is 1.80 bits per heavy atom. The van der Waals surface area contributed by atoms with E-state index in [-0.39, 0.29) is 16.9 Å². The van der Waals surface area contributed by atoms with E-state index in [1.165, 1.54) is 0 Å². The summed E-state index contributed by atoms with van der Waals surface area (Å²) in [6.45, 7) is 2.07. The molecule has 112 valence electrons. The number of thiocarbonyl (C=S) groups is 1. The second-order valence-electron chi connectivity index (χ2n) is 3.78. The highest BCUT2D eigenvalue weighted by Gasteiger charge is 2.36. The highest BCUT2D eigenvalue weighted by Crippen LogP contribution is 2.37. The van der Waals surface area contributed by atoms with E-state index in [4.69, 9.17) is 12.2 Å². The Balaban J connectivity index is 3.21. The minimum absolute atomic E-state index is 0.0556. The van der Waals surface area contributed by atoms with Crippen LogP contribution in [0.3, 0.4) is 0 Å². The average Bonchev–Trinajstić information content (AvgIpc) is 2.26. The molecule has 0 amide bonds. The number of nitrogens with one attached hydrogen (secondary N) is 2. The quantitative estimate of drug-likeness (QED) is 0.636. The molecule has 0 fully saturated rings. The van der Waals surface area contributed by atoms with Crippen molar-refractivity contribution in [3.05, 3.63) is 29.3 Å². The molecular formula is C11H10F6N2S. The zero-order chi connectivity index (χ0) is 15.6. The van der Waals surface area contributed by atoms with Gasteiger partial charge < -0.3 is 10.6 Å². The number of anilines is 1. The first-order valence-electron chi connectivity index (χ1n) is 5.38. The summed E-state index contributed by atoms with van der Waals surface area (Å²) in [7, 11) is 0. The van der Waals surface area contributed by atoms with Crippen molar-refractivity contribution >= 4 is 23.0 Å². The van der Waals surface area contributed by atoms with Gasteiger partial charge in [-0.1, -0.05) is 0 Å². The standard InChI is InChI=1S/C11H10F6N2S/c1-2-18-9(20)19-8-4-6(10(12,13)14)3-7(5-8)11(15,16)17/h3-5H,2H2,1H3,(H2,18,19,20). The summed E-state index contributed by atoms with van der Waals surface area (Å²) in [4.78, 5) is 0. The lowest BCUT2D eigenvalue weighted by Gasteiger charge is -2.15. The Labute approximate surface area is 116 Å². The van der Waals surface area contributed by atoms with E-state index in [1.807, 2.05) is 0 Å². The first kappa shape index (κ1) is 16.5. The maximum absolute atomic E-state index is 12.6. The van der Waals surface area contributed by atoms with Gasteiger partial charge in [0.05, 0.1) is 11.1 Å². The maximum Gasteiger partial charge on any atom is 0.416 e. The second-order valence-corrected chi connectivity index (χ2v) is 4.19. The third-order valence-electron chi connectivity index (χ3n) is 2.18. The Hall–Kier alpha value is -1.51. The highest BCUT2D eigenvalue weighted by molar-refractivity contribution is 7.80. The summed E-state index contributed by atoms with van der Waals surface area (Å²) in [6, 6.07) is 1.19. The SMILES string of the molecule is CCNC(=S)Nc1cc(C(F)(F)F)cc(C(F)(F)F)c1. The molecule has 0 atom stereocenters. The van der Waals surface area contributed by atoms with Crippen LogP contribution in [0.1, 0.15) is 18.1 Å². The monoisotopic (exact) mass is 316 g/mol. The summed E-state index contributed by atoms with van der Waals surface area (Å²) in [5.74, 6) is 0. The summed E-state index contributed by atoms with van der Waals surface area (Å²) in [5, 5.41) is 4.80. The van der Waals surface area contributed by atoms with Crippen molar-refractivity contribution in [2.45, 2.75) is 19.3 Å². The molecule has 0 aromatic heterocycles. The van der Waals surface area contributed by atoms with Gasteiger partial charge in [-0.2, -0.15) is 26.3 Å². The van der Waals surface area contributed by atoms with E-state index in [9.17, 15) is 26.3 Å². The largest absolute Gasteiger partial charge is 0.416 e. The lowest BCUT2D eigenvalue weighted by atomic mass is 10.1. The third kappa shape index (κ3) is 4.55. The fourth-order valence-corrected chi connectivity index (χ4v) is 1.63. The minimum Gasteiger partial charge on any atom is -0.363 e. The van der Waals surface area contributed by atoms with Crippen LogP contribution in [0.25, 0.3) is 0 Å². The molecule has 9 heteroatoms. The van der Waals surface area contributed by atoms with Crippen LogP contribution in [-0.2, 0) is 12.4 Å². The lowest BCUT2D eigenvalue weighted by molar-refractivity contribution is -0.143. The number of hydrogen-bond donors (Lipinski definition) is 2. The van der Waals surface area contributed by atoms with Gasteiger partial charge in [-0.3, -0.25) is 0 Å². The Kier molecular flexibility index (Phi) is 4.85. The van der Waals surface area contributed by atoms with Crippen LogP contribution >= 0.6 is 12.2 Å². The van der Waals surface area contributed by atoms with Crippen LogP contribution in [0.5, 0.6) is 0 Å². The van der Waals surface area contributed by atoms with E-state index in [2.05, 4.69) is 10.6 Å². The molecule has 0 saturated carbocycles. The van der Waals surface area contributed by atoms with Crippen LogP contribution in [0.15, 0.2) is 18.2 Å². The predicted molar refractivity (Wildman–Crippen MR) is 66.3 cm³/mol. The van der Waals surface area contributed by atoms with Crippen LogP contribution < -0.4 is 10.6 Å². The number of halogens is 6. The number of alkyl halides is 6. The summed E-state index contributed by atoms with van der Waals surface area (Å²) >= 11 is 4.72. The van der Waals surface area contributed by atoms with Crippen molar-refractivity contribution in [1.82, 2.24) is 5.32 Å². The van der Waals surface area contributed by atoms with E-state index >= 15 is 0 Å². The van der Waals surface area contributed by atoms with Gasteiger partial charge in [0, 0.05) is 12.2 Å². The number of benzene rings is 1. The normalized spacial score (nSPS) is 12.2. The van der Waals surface area contributed by atoms with Crippen LogP contribution in [0.2, 0.25) is 0 Å². The molecule has 0 unspecified atom stereocenters. The summed E-state index contributed by atoms with van der Waals surface area (Å²) in [6.07, 6.45) is -9.75. The zero-order valence-electron chi connectivity index (χ0n) is 10.1. The molecule has 0 spiro atoms. The number of rotatable bonds is 2. The predicted octanol–water partition coefficient (Wildman–Crippen LogP) is 4.03. The number of hydrogen-bond acceptors (Lipinski definition) is 1. The van der Waals surface area contributed by atoms with E-state index in [1.54, 1.807) is 6.92 Å². The zero-order valence-corrected chi connectivity index (χ0v) is 10.9. The van der Waals surface area contributed by atoms with Gasteiger partial charge in [0.2, 0.25) is 0 Å². The van der Waals surface area contributed by atoms with E-state index < -0.39 is 23.5 Å². The Morgan fingerprint density at radius 1 is 1.00 bits per heavy atom. The average molecular weight is 316 g/mol. The molecule has 1 aromatic carbocycles. The van der Waals surface area contributed by atoms with Crippen molar-refractivity contribution in [2.24, 2.45) is 0 Å². The van der Waals surface area contributed by atoms with Crippen LogP contribution in [-0.4, -0.2) is 11.7 Å². The van der Waals surface area contributed by atoms with Gasteiger partial charge in [0.1, 0.15) is 0 Å². The second kappa shape index (κ2) is 5.86. The van der Waals surface area contributed by atoms with Crippen LogP contribution in [0, 0.1) is 0 Å². The molecule has 0 saturated heterocycles. The third-order valence-corrected chi connectivity index (χ3v) is 2.43. The lowest BCUT2D eigenvalue weighted by Crippen LogP contribution is -2.28. The highest BCUT2D eigenvalue weighted by atomic mass is 32.1. The van der Waals surface area contributed by atoms with Gasteiger partial charge in [0.15, 0.2) is 5.11 Å². The van der Waals surface area contributed by atoms with Crippen molar-refractivity contribution in [1.29, 1.82) is 0 Å². The molecule has 2 nitrogen and oxygen atoms in total. The molecule has 0 heterocycles. The Bertz CT molecular complexity index is 462. The molecular weight excluding hydrogens is 306 g/mol. The van der Waals surface area contributed by atoms with Crippen LogP contribution in [0.4, 0.5) is 32.0 Å². The molecule has 0 aliphatic rings. The van der Waals surface area contributed by atoms with Crippen molar-refractivity contribution in [3.63, 3.8) is 0 Å². The fourth-order valence-electron chi connectivity index (χ4n) is 1.36. The summed E-state index contributed by atoms with van der Waals surface area (Å²) < 4.78 is 75.5. The van der Waals surface area contributed by atoms with Crippen molar-refractivity contribution in [2.75, 3.05) is 11.9 Å². The molecule has 2 N–H and O–H groups in total. The van der Waals surface area contributed by atoms with Crippen molar-refractivity contribution < 1.29 is 26.3 Å². The van der Waals surface area contributed by atoms with E-state index in [0.717, 1.165) is 0 Å². The van der Waals surface area contributed by atoms with Gasteiger partial charge in [-0.25, -0.2) is 0 Å². The fraction of sp³-hybridized carbons (Fsp3) is 0.364. The first-order valence-corrected chi connectivity index (χ1v) is 5.79. The minimum atomic E-state index is -4.88.